The fraction of sp³-hybridized carbons (Fsp3) is 0.462. The van der Waals surface area contributed by atoms with E-state index in [4.69, 9.17) is 5.11 Å². The summed E-state index contributed by atoms with van der Waals surface area (Å²) >= 11 is 2.88. The minimum Gasteiger partial charge on any atom is -0.395 e. The predicted molar refractivity (Wildman–Crippen MR) is 79.1 cm³/mol. The normalized spacial score (nSPS) is 13.9. The van der Waals surface area contributed by atoms with E-state index in [1.807, 2.05) is 13.2 Å². The van der Waals surface area contributed by atoms with Gasteiger partial charge in [0.15, 0.2) is 0 Å². The second kappa shape index (κ2) is 8.45. The standard InChI is InChI=1S/C13H18FNO2S2/c1-9(12(7-16)18-2)15-13(17)8-19-11-5-3-10(14)4-6-11/h3-6,9,12,16H,7-8H2,1-2H3,(H,15,17). The number of aliphatic hydroxyl groups excluding tert-OH is 1. The van der Waals surface area contributed by atoms with Crippen molar-refractivity contribution in [2.75, 3.05) is 18.6 Å². The number of carbonyl (C=O) groups is 1. The van der Waals surface area contributed by atoms with Gasteiger partial charge in [0.1, 0.15) is 5.82 Å². The molecule has 0 saturated heterocycles. The topological polar surface area (TPSA) is 49.3 Å². The summed E-state index contributed by atoms with van der Waals surface area (Å²) in [6, 6.07) is 5.96. The van der Waals surface area contributed by atoms with Gasteiger partial charge < -0.3 is 10.4 Å². The van der Waals surface area contributed by atoms with Crippen molar-refractivity contribution < 1.29 is 14.3 Å². The van der Waals surface area contributed by atoms with Crippen LogP contribution in [0.2, 0.25) is 0 Å². The number of hydrogen-bond donors (Lipinski definition) is 2. The summed E-state index contributed by atoms with van der Waals surface area (Å²) in [5.74, 6) is -0.0924. The van der Waals surface area contributed by atoms with Gasteiger partial charge >= 0.3 is 0 Å². The molecule has 0 aliphatic rings. The zero-order valence-corrected chi connectivity index (χ0v) is 12.6. The Labute approximate surface area is 121 Å². The summed E-state index contributed by atoms with van der Waals surface area (Å²) in [4.78, 5) is 12.6. The summed E-state index contributed by atoms with van der Waals surface area (Å²) in [5, 5.41) is 12.0. The van der Waals surface area contributed by atoms with E-state index in [2.05, 4.69) is 5.32 Å². The van der Waals surface area contributed by atoms with Crippen molar-refractivity contribution in [1.82, 2.24) is 5.32 Å². The summed E-state index contributed by atoms with van der Waals surface area (Å²) in [5.41, 5.74) is 0. The van der Waals surface area contributed by atoms with Crippen molar-refractivity contribution in [1.29, 1.82) is 0 Å². The summed E-state index contributed by atoms with van der Waals surface area (Å²) in [6.45, 7) is 1.91. The molecule has 0 saturated carbocycles. The first-order valence-electron chi connectivity index (χ1n) is 5.88. The predicted octanol–water partition coefficient (Wildman–Crippen LogP) is 2.15. The van der Waals surface area contributed by atoms with Crippen molar-refractivity contribution in [2.45, 2.75) is 23.1 Å². The molecular weight excluding hydrogens is 285 g/mol. The molecule has 1 aromatic rings. The highest BCUT2D eigenvalue weighted by Gasteiger charge is 2.17. The second-order valence-corrected chi connectivity index (χ2v) is 6.18. The molecule has 0 fully saturated rings. The molecule has 1 amide bonds. The fourth-order valence-electron chi connectivity index (χ4n) is 1.51. The van der Waals surface area contributed by atoms with Gasteiger partial charge in [0, 0.05) is 16.2 Å². The maximum atomic E-state index is 12.7. The van der Waals surface area contributed by atoms with Crippen molar-refractivity contribution in [3.8, 4) is 0 Å². The van der Waals surface area contributed by atoms with Gasteiger partial charge in [-0.25, -0.2) is 4.39 Å². The highest BCUT2D eigenvalue weighted by molar-refractivity contribution is 8.00. The lowest BCUT2D eigenvalue weighted by atomic mass is 10.2. The molecule has 0 spiro atoms. The lowest BCUT2D eigenvalue weighted by Gasteiger charge is -2.21. The van der Waals surface area contributed by atoms with Crippen molar-refractivity contribution in [3.63, 3.8) is 0 Å². The average Bonchev–Trinajstić information content (AvgIpc) is 2.39. The van der Waals surface area contributed by atoms with E-state index < -0.39 is 0 Å². The number of rotatable bonds is 7. The minimum absolute atomic E-state index is 0.000212. The Hall–Kier alpha value is -0.720. The lowest BCUT2D eigenvalue weighted by Crippen LogP contribution is -2.42. The Kier molecular flexibility index (Phi) is 7.27. The first-order valence-corrected chi connectivity index (χ1v) is 8.15. The van der Waals surface area contributed by atoms with Gasteiger partial charge in [0.25, 0.3) is 0 Å². The van der Waals surface area contributed by atoms with Gasteiger partial charge in [-0.2, -0.15) is 11.8 Å². The maximum Gasteiger partial charge on any atom is 0.230 e. The van der Waals surface area contributed by atoms with E-state index in [0.717, 1.165) is 4.90 Å². The van der Waals surface area contributed by atoms with Crippen molar-refractivity contribution in [3.05, 3.63) is 30.1 Å². The van der Waals surface area contributed by atoms with Crippen LogP contribution < -0.4 is 5.32 Å². The van der Waals surface area contributed by atoms with Crippen LogP contribution in [0.1, 0.15) is 6.92 Å². The second-order valence-electron chi connectivity index (χ2n) is 4.06. The van der Waals surface area contributed by atoms with E-state index >= 15 is 0 Å². The molecule has 0 aliphatic carbocycles. The molecule has 0 heterocycles. The van der Waals surface area contributed by atoms with E-state index in [0.29, 0.717) is 0 Å². The largest absolute Gasteiger partial charge is 0.395 e. The minimum atomic E-state index is -0.284. The Bertz CT molecular complexity index is 396. The quantitative estimate of drug-likeness (QED) is 0.758. The first-order chi connectivity index (χ1) is 9.06. The number of halogens is 1. The third kappa shape index (κ3) is 5.84. The molecule has 0 bridgehead atoms. The van der Waals surface area contributed by atoms with E-state index in [1.165, 1.54) is 35.7 Å². The zero-order valence-electron chi connectivity index (χ0n) is 10.9. The number of amides is 1. The number of nitrogens with one attached hydrogen (secondary N) is 1. The Morgan fingerprint density at radius 2 is 2.05 bits per heavy atom. The number of aliphatic hydroxyl groups is 1. The third-order valence-corrected chi connectivity index (χ3v) is 4.79. The zero-order chi connectivity index (χ0) is 14.3. The molecule has 6 heteroatoms. The Morgan fingerprint density at radius 1 is 1.42 bits per heavy atom. The van der Waals surface area contributed by atoms with Crippen LogP contribution in [0.4, 0.5) is 4.39 Å². The summed E-state index contributed by atoms with van der Waals surface area (Å²) in [6.07, 6.45) is 1.90. The van der Waals surface area contributed by atoms with Crippen LogP contribution in [0.5, 0.6) is 0 Å². The molecule has 1 aromatic carbocycles. The van der Waals surface area contributed by atoms with Crippen LogP contribution in [0, 0.1) is 5.82 Å². The molecule has 19 heavy (non-hydrogen) atoms. The van der Waals surface area contributed by atoms with Gasteiger partial charge in [0.05, 0.1) is 12.4 Å². The molecule has 0 radical (unpaired) electrons. The van der Waals surface area contributed by atoms with Gasteiger partial charge in [0.2, 0.25) is 5.91 Å². The summed E-state index contributed by atoms with van der Waals surface area (Å²) in [7, 11) is 0. The van der Waals surface area contributed by atoms with Crippen LogP contribution in [0.15, 0.2) is 29.2 Å². The Balaban J connectivity index is 2.37. The van der Waals surface area contributed by atoms with Gasteiger partial charge in [-0.15, -0.1) is 11.8 Å². The van der Waals surface area contributed by atoms with Crippen LogP contribution >= 0.6 is 23.5 Å². The van der Waals surface area contributed by atoms with Gasteiger partial charge in [-0.3, -0.25) is 4.79 Å². The highest BCUT2D eigenvalue weighted by atomic mass is 32.2. The number of hydrogen-bond acceptors (Lipinski definition) is 4. The molecule has 2 unspecified atom stereocenters. The number of benzene rings is 1. The molecule has 2 N–H and O–H groups in total. The van der Waals surface area contributed by atoms with E-state index in [9.17, 15) is 9.18 Å². The molecule has 3 nitrogen and oxygen atoms in total. The Morgan fingerprint density at radius 3 is 2.58 bits per heavy atom. The first kappa shape index (κ1) is 16.3. The molecule has 106 valence electrons. The average molecular weight is 303 g/mol. The van der Waals surface area contributed by atoms with Crippen LogP contribution in [0.3, 0.4) is 0 Å². The van der Waals surface area contributed by atoms with Crippen LogP contribution in [-0.4, -0.2) is 40.9 Å². The monoisotopic (exact) mass is 303 g/mol. The smallest absolute Gasteiger partial charge is 0.230 e. The SMILES string of the molecule is CSC(CO)C(C)NC(=O)CSc1ccc(F)cc1. The van der Waals surface area contributed by atoms with E-state index in [-0.39, 0.29) is 35.4 Å². The molecule has 0 aromatic heterocycles. The number of carbonyl (C=O) groups excluding carboxylic acids is 1. The molecular formula is C13H18FNO2S2. The van der Waals surface area contributed by atoms with Crippen molar-refractivity contribution >= 4 is 29.4 Å². The van der Waals surface area contributed by atoms with Crippen LogP contribution in [0.25, 0.3) is 0 Å². The number of thioether (sulfide) groups is 2. The maximum absolute atomic E-state index is 12.7. The van der Waals surface area contributed by atoms with Gasteiger partial charge in [-0.1, -0.05) is 0 Å². The molecule has 2 atom stereocenters. The van der Waals surface area contributed by atoms with Crippen LogP contribution in [-0.2, 0) is 4.79 Å². The lowest BCUT2D eigenvalue weighted by molar-refractivity contribution is -0.119. The molecule has 1 rings (SSSR count). The fourth-order valence-corrected chi connectivity index (χ4v) is 2.84. The van der Waals surface area contributed by atoms with Gasteiger partial charge in [-0.05, 0) is 37.4 Å². The van der Waals surface area contributed by atoms with E-state index in [1.54, 1.807) is 12.1 Å². The summed E-state index contributed by atoms with van der Waals surface area (Å²) < 4.78 is 12.7. The highest BCUT2D eigenvalue weighted by Crippen LogP contribution is 2.18. The molecule has 0 aliphatic heterocycles. The third-order valence-electron chi connectivity index (χ3n) is 2.61. The van der Waals surface area contributed by atoms with Crippen molar-refractivity contribution in [2.24, 2.45) is 0 Å².